The standard InChI is InChI=1S/C5H2F3OS/c6-5(7,8)10-4-2-1-3-9-4/h1,3H. The van der Waals surface area contributed by atoms with Crippen molar-refractivity contribution in [3.63, 3.8) is 0 Å². The van der Waals surface area contributed by atoms with E-state index in [9.17, 15) is 13.2 Å². The molecule has 0 aliphatic heterocycles. The molecule has 0 saturated carbocycles. The quantitative estimate of drug-likeness (QED) is 0.596. The van der Waals surface area contributed by atoms with Crippen LogP contribution in [0.25, 0.3) is 0 Å². The van der Waals surface area contributed by atoms with Crippen molar-refractivity contribution in [1.29, 1.82) is 0 Å². The van der Waals surface area contributed by atoms with Gasteiger partial charge in [-0.1, -0.05) is 0 Å². The molecule has 10 heavy (non-hydrogen) atoms. The maximum absolute atomic E-state index is 11.5. The van der Waals surface area contributed by atoms with Crippen LogP contribution in [0, 0.1) is 6.07 Å². The van der Waals surface area contributed by atoms with Gasteiger partial charge in [0.2, 0.25) is 0 Å². The fraction of sp³-hybridized carbons (Fsp3) is 0.200. The first-order valence-electron chi connectivity index (χ1n) is 2.29. The average molecular weight is 167 g/mol. The predicted molar refractivity (Wildman–Crippen MR) is 29.5 cm³/mol. The van der Waals surface area contributed by atoms with E-state index in [1.807, 2.05) is 0 Å². The molecule has 0 saturated heterocycles. The van der Waals surface area contributed by atoms with E-state index < -0.39 is 5.51 Å². The second-order valence-electron chi connectivity index (χ2n) is 1.40. The van der Waals surface area contributed by atoms with Crippen LogP contribution in [0.15, 0.2) is 21.8 Å². The summed E-state index contributed by atoms with van der Waals surface area (Å²) in [5, 5.41) is -0.257. The Labute approximate surface area is 59.2 Å². The fourth-order valence-electron chi connectivity index (χ4n) is 0.391. The molecule has 0 bridgehead atoms. The molecule has 0 aliphatic carbocycles. The van der Waals surface area contributed by atoms with Crippen molar-refractivity contribution in [2.45, 2.75) is 10.6 Å². The molecule has 0 aliphatic rings. The van der Waals surface area contributed by atoms with Crippen LogP contribution in [0.2, 0.25) is 0 Å². The van der Waals surface area contributed by atoms with Crippen LogP contribution in [0.1, 0.15) is 0 Å². The van der Waals surface area contributed by atoms with Gasteiger partial charge in [-0.25, -0.2) is 0 Å². The predicted octanol–water partition coefficient (Wildman–Crippen LogP) is 2.69. The minimum Gasteiger partial charge on any atom is -0.457 e. The van der Waals surface area contributed by atoms with Crippen molar-refractivity contribution in [2.24, 2.45) is 0 Å². The molecule has 0 spiro atoms. The van der Waals surface area contributed by atoms with Gasteiger partial charge in [0.25, 0.3) is 0 Å². The summed E-state index contributed by atoms with van der Waals surface area (Å²) < 4.78 is 38.9. The third-order valence-corrected chi connectivity index (χ3v) is 1.28. The summed E-state index contributed by atoms with van der Waals surface area (Å²) in [5.74, 6) is 0. The van der Waals surface area contributed by atoms with Crippen LogP contribution in [0.3, 0.4) is 0 Å². The lowest BCUT2D eigenvalue weighted by atomic mass is 10.7. The molecule has 55 valence electrons. The SMILES string of the molecule is FC(F)(F)Sc1[c]cco1. The van der Waals surface area contributed by atoms with E-state index in [4.69, 9.17) is 0 Å². The summed E-state index contributed by atoms with van der Waals surface area (Å²) in [5.41, 5.74) is -4.28. The number of rotatable bonds is 1. The highest BCUT2D eigenvalue weighted by atomic mass is 32.2. The van der Waals surface area contributed by atoms with Crippen LogP contribution in [-0.4, -0.2) is 5.51 Å². The Morgan fingerprint density at radius 3 is 2.60 bits per heavy atom. The molecule has 5 heteroatoms. The highest BCUT2D eigenvalue weighted by molar-refractivity contribution is 8.00. The maximum Gasteiger partial charge on any atom is 0.449 e. The van der Waals surface area contributed by atoms with Gasteiger partial charge in [0.15, 0.2) is 5.09 Å². The number of alkyl halides is 3. The van der Waals surface area contributed by atoms with Crippen LogP contribution < -0.4 is 0 Å². The first-order chi connectivity index (χ1) is 4.58. The van der Waals surface area contributed by atoms with Gasteiger partial charge in [-0.3, -0.25) is 0 Å². The lowest BCUT2D eigenvalue weighted by Gasteiger charge is -1.99. The van der Waals surface area contributed by atoms with Gasteiger partial charge in [0.05, 0.1) is 6.26 Å². The largest absolute Gasteiger partial charge is 0.457 e. The fourth-order valence-corrected chi connectivity index (χ4v) is 0.831. The number of halogens is 3. The summed E-state index contributed by atoms with van der Waals surface area (Å²) in [7, 11) is 0. The molecule has 0 aromatic carbocycles. The number of hydrogen-bond donors (Lipinski definition) is 0. The zero-order valence-corrected chi connectivity index (χ0v) is 5.42. The van der Waals surface area contributed by atoms with Crippen molar-refractivity contribution >= 4 is 11.8 Å². The van der Waals surface area contributed by atoms with Crippen LogP contribution >= 0.6 is 11.8 Å². The minimum absolute atomic E-state index is 0.257. The van der Waals surface area contributed by atoms with E-state index in [1.165, 1.54) is 6.07 Å². The van der Waals surface area contributed by atoms with E-state index in [2.05, 4.69) is 10.5 Å². The molecule has 1 radical (unpaired) electrons. The Kier molecular flexibility index (Phi) is 1.94. The van der Waals surface area contributed by atoms with Crippen molar-refractivity contribution in [1.82, 2.24) is 0 Å². The molecule has 1 heterocycles. The van der Waals surface area contributed by atoms with Gasteiger partial charge in [0, 0.05) is 17.8 Å². The summed E-state index contributed by atoms with van der Waals surface area (Å²) in [6.45, 7) is 0. The first kappa shape index (κ1) is 7.53. The van der Waals surface area contributed by atoms with Gasteiger partial charge < -0.3 is 4.42 Å². The molecular formula is C5H2F3OS. The highest BCUT2D eigenvalue weighted by Gasteiger charge is 2.30. The maximum atomic E-state index is 11.5. The number of hydrogen-bond acceptors (Lipinski definition) is 2. The third-order valence-electron chi connectivity index (χ3n) is 0.653. The lowest BCUT2D eigenvalue weighted by Crippen LogP contribution is -1.97. The van der Waals surface area contributed by atoms with Crippen molar-refractivity contribution in [3.05, 3.63) is 18.4 Å². The summed E-state index contributed by atoms with van der Waals surface area (Å²) in [6.07, 6.45) is 1.15. The topological polar surface area (TPSA) is 13.1 Å². The van der Waals surface area contributed by atoms with E-state index >= 15 is 0 Å². The van der Waals surface area contributed by atoms with Crippen LogP contribution in [0.5, 0.6) is 0 Å². The van der Waals surface area contributed by atoms with Crippen molar-refractivity contribution < 1.29 is 17.6 Å². The summed E-state index contributed by atoms with van der Waals surface area (Å²) in [4.78, 5) is 0. The zero-order chi connectivity index (χ0) is 7.61. The van der Waals surface area contributed by atoms with E-state index in [1.54, 1.807) is 0 Å². The zero-order valence-electron chi connectivity index (χ0n) is 4.61. The number of furan rings is 1. The van der Waals surface area contributed by atoms with Gasteiger partial charge in [-0.2, -0.15) is 13.2 Å². The molecule has 1 aromatic rings. The Morgan fingerprint density at radius 1 is 1.50 bits per heavy atom. The lowest BCUT2D eigenvalue weighted by molar-refractivity contribution is -0.0335. The van der Waals surface area contributed by atoms with Crippen molar-refractivity contribution in [2.75, 3.05) is 0 Å². The molecule has 0 atom stereocenters. The molecule has 0 N–H and O–H groups in total. The highest BCUT2D eigenvalue weighted by Crippen LogP contribution is 2.36. The first-order valence-corrected chi connectivity index (χ1v) is 3.10. The Bertz CT molecular complexity index is 191. The molecular weight excluding hydrogens is 165 g/mol. The smallest absolute Gasteiger partial charge is 0.449 e. The molecule has 0 amide bonds. The third kappa shape index (κ3) is 2.34. The van der Waals surface area contributed by atoms with E-state index in [-0.39, 0.29) is 16.9 Å². The van der Waals surface area contributed by atoms with Gasteiger partial charge in [0.1, 0.15) is 0 Å². The molecule has 0 unspecified atom stereocenters. The Morgan fingerprint density at radius 2 is 2.20 bits per heavy atom. The number of thioether (sulfide) groups is 1. The average Bonchev–Trinajstić information content (AvgIpc) is 2.12. The second kappa shape index (κ2) is 2.57. The van der Waals surface area contributed by atoms with Gasteiger partial charge >= 0.3 is 5.51 Å². The second-order valence-corrected chi connectivity index (χ2v) is 2.44. The van der Waals surface area contributed by atoms with Gasteiger partial charge in [-0.15, -0.1) is 0 Å². The summed E-state index contributed by atoms with van der Waals surface area (Å²) in [6, 6.07) is 3.56. The van der Waals surface area contributed by atoms with Crippen molar-refractivity contribution in [3.8, 4) is 0 Å². The van der Waals surface area contributed by atoms with Crippen LogP contribution in [-0.2, 0) is 0 Å². The van der Waals surface area contributed by atoms with E-state index in [0.29, 0.717) is 0 Å². The Hall–Kier alpha value is -0.580. The normalized spacial score (nSPS) is 11.9. The molecule has 1 aromatic heterocycles. The Balaban J connectivity index is 2.57. The summed E-state index contributed by atoms with van der Waals surface area (Å²) >= 11 is -0.315. The van der Waals surface area contributed by atoms with Gasteiger partial charge in [-0.05, 0) is 6.07 Å². The molecule has 1 rings (SSSR count). The van der Waals surface area contributed by atoms with E-state index in [0.717, 1.165) is 6.26 Å². The molecule has 1 nitrogen and oxygen atoms in total. The van der Waals surface area contributed by atoms with Crippen LogP contribution in [0.4, 0.5) is 13.2 Å². The monoisotopic (exact) mass is 167 g/mol. The minimum atomic E-state index is -4.28. The molecule has 0 fully saturated rings.